The number of nitrogens with zero attached hydrogens (tertiary/aromatic N) is 2. The second kappa shape index (κ2) is 6.35. The molecule has 0 bridgehead atoms. The summed E-state index contributed by atoms with van der Waals surface area (Å²) in [4.78, 5) is 4.83. The van der Waals surface area contributed by atoms with Gasteiger partial charge in [-0.05, 0) is 14.0 Å². The van der Waals surface area contributed by atoms with E-state index in [4.69, 9.17) is 5.11 Å². The molecule has 84 valence electrons. The number of likely N-dealkylation sites (N-methyl/N-ethyl adjacent to an activating group) is 1. The van der Waals surface area contributed by atoms with Gasteiger partial charge in [0.15, 0.2) is 0 Å². The van der Waals surface area contributed by atoms with Gasteiger partial charge >= 0.3 is 0 Å². The number of piperazine rings is 1. The van der Waals surface area contributed by atoms with Crippen molar-refractivity contribution in [3.8, 4) is 0 Å². The van der Waals surface area contributed by atoms with Crippen LogP contribution in [-0.2, 0) is 0 Å². The van der Waals surface area contributed by atoms with E-state index < -0.39 is 0 Å². The average molecular weight is 201 g/mol. The Morgan fingerprint density at radius 3 is 2.50 bits per heavy atom. The van der Waals surface area contributed by atoms with Gasteiger partial charge in [-0.15, -0.1) is 0 Å². The van der Waals surface area contributed by atoms with Gasteiger partial charge in [0.2, 0.25) is 0 Å². The molecular weight excluding hydrogens is 178 g/mol. The highest BCUT2D eigenvalue weighted by molar-refractivity contribution is 4.70. The van der Waals surface area contributed by atoms with Crippen molar-refractivity contribution in [2.45, 2.75) is 13.0 Å². The van der Waals surface area contributed by atoms with Gasteiger partial charge in [-0.1, -0.05) is 0 Å². The molecule has 0 aliphatic carbocycles. The van der Waals surface area contributed by atoms with Crippen LogP contribution in [0.2, 0.25) is 0 Å². The Labute approximate surface area is 86.9 Å². The molecule has 0 aromatic heterocycles. The van der Waals surface area contributed by atoms with E-state index >= 15 is 0 Å². The normalized spacial score (nSPS) is 22.5. The quantitative estimate of drug-likeness (QED) is 0.611. The predicted molar refractivity (Wildman–Crippen MR) is 58.5 cm³/mol. The molecule has 2 N–H and O–H groups in total. The fourth-order valence-electron chi connectivity index (χ4n) is 1.61. The summed E-state index contributed by atoms with van der Waals surface area (Å²) < 4.78 is 0. The summed E-state index contributed by atoms with van der Waals surface area (Å²) in [5.41, 5.74) is 0. The zero-order valence-corrected chi connectivity index (χ0v) is 9.37. The number of aliphatic hydroxyl groups is 1. The minimum Gasteiger partial charge on any atom is -0.395 e. The minimum absolute atomic E-state index is 0.225. The van der Waals surface area contributed by atoms with Gasteiger partial charge in [-0.25, -0.2) is 0 Å². The summed E-state index contributed by atoms with van der Waals surface area (Å²) in [6.07, 6.45) is 0. The molecule has 1 unspecified atom stereocenters. The Morgan fingerprint density at radius 2 is 1.93 bits per heavy atom. The van der Waals surface area contributed by atoms with E-state index in [1.807, 2.05) is 6.92 Å². The molecule has 4 nitrogen and oxygen atoms in total. The van der Waals surface area contributed by atoms with Gasteiger partial charge in [0.05, 0.1) is 6.61 Å². The maximum atomic E-state index is 8.82. The summed E-state index contributed by atoms with van der Waals surface area (Å²) in [7, 11) is 2.17. The second-order valence-corrected chi connectivity index (χ2v) is 4.18. The van der Waals surface area contributed by atoms with Gasteiger partial charge in [0.1, 0.15) is 0 Å². The molecule has 4 heteroatoms. The number of nitrogens with one attached hydrogen (secondary N) is 1. The number of hydrogen-bond donors (Lipinski definition) is 2. The van der Waals surface area contributed by atoms with Crippen molar-refractivity contribution in [2.24, 2.45) is 0 Å². The molecular formula is C10H23N3O. The number of rotatable bonds is 5. The van der Waals surface area contributed by atoms with Crippen LogP contribution in [0.5, 0.6) is 0 Å². The van der Waals surface area contributed by atoms with Crippen LogP contribution >= 0.6 is 0 Å². The highest BCUT2D eigenvalue weighted by Gasteiger charge is 2.12. The van der Waals surface area contributed by atoms with Crippen molar-refractivity contribution in [2.75, 3.05) is 52.9 Å². The van der Waals surface area contributed by atoms with E-state index in [0.717, 1.165) is 13.1 Å². The third-order valence-electron chi connectivity index (χ3n) is 2.79. The number of aliphatic hydroxyl groups excluding tert-OH is 1. The van der Waals surface area contributed by atoms with Crippen molar-refractivity contribution in [3.05, 3.63) is 0 Å². The summed E-state index contributed by atoms with van der Waals surface area (Å²) in [5, 5.41) is 12.1. The fourth-order valence-corrected chi connectivity index (χ4v) is 1.61. The summed E-state index contributed by atoms with van der Waals surface area (Å²) in [6.45, 7) is 9.00. The van der Waals surface area contributed by atoms with Crippen molar-refractivity contribution in [1.29, 1.82) is 0 Å². The van der Waals surface area contributed by atoms with E-state index in [1.165, 1.54) is 26.2 Å². The van der Waals surface area contributed by atoms with Crippen molar-refractivity contribution in [1.82, 2.24) is 15.1 Å². The SMILES string of the molecule is CC(CO)NCCN1CCN(C)CC1. The molecule has 14 heavy (non-hydrogen) atoms. The van der Waals surface area contributed by atoms with Crippen LogP contribution in [0.4, 0.5) is 0 Å². The minimum atomic E-state index is 0.225. The van der Waals surface area contributed by atoms with Gasteiger partial charge in [0.25, 0.3) is 0 Å². The average Bonchev–Trinajstić information content (AvgIpc) is 2.21. The van der Waals surface area contributed by atoms with E-state index in [-0.39, 0.29) is 12.6 Å². The molecule has 1 aliphatic rings. The van der Waals surface area contributed by atoms with Crippen molar-refractivity contribution in [3.63, 3.8) is 0 Å². The highest BCUT2D eigenvalue weighted by Crippen LogP contribution is 1.97. The zero-order chi connectivity index (χ0) is 10.4. The Kier molecular flexibility index (Phi) is 5.40. The molecule has 0 aromatic rings. The van der Waals surface area contributed by atoms with Crippen LogP contribution in [0.1, 0.15) is 6.92 Å². The molecule has 1 atom stereocenters. The lowest BCUT2D eigenvalue weighted by molar-refractivity contribution is 0.151. The van der Waals surface area contributed by atoms with Gasteiger partial charge in [0, 0.05) is 45.3 Å². The Bertz CT molecular complexity index is 146. The van der Waals surface area contributed by atoms with Gasteiger partial charge < -0.3 is 15.3 Å². The maximum absolute atomic E-state index is 8.82. The first-order valence-corrected chi connectivity index (χ1v) is 5.47. The maximum Gasteiger partial charge on any atom is 0.0581 e. The van der Waals surface area contributed by atoms with E-state index in [1.54, 1.807) is 0 Å². The Balaban J connectivity index is 2.02. The largest absolute Gasteiger partial charge is 0.395 e. The molecule has 1 fully saturated rings. The lowest BCUT2D eigenvalue weighted by atomic mass is 10.3. The first-order valence-electron chi connectivity index (χ1n) is 5.47. The molecule has 0 saturated carbocycles. The zero-order valence-electron chi connectivity index (χ0n) is 9.37. The predicted octanol–water partition coefficient (Wildman–Crippen LogP) is -0.796. The van der Waals surface area contributed by atoms with E-state index in [2.05, 4.69) is 22.2 Å². The standard InChI is InChI=1S/C10H23N3O/c1-10(9-14)11-3-4-13-7-5-12(2)6-8-13/h10-11,14H,3-9H2,1-2H3. The fraction of sp³-hybridized carbons (Fsp3) is 1.00. The summed E-state index contributed by atoms with van der Waals surface area (Å²) in [6, 6.07) is 0.225. The Hall–Kier alpha value is -0.160. The lowest BCUT2D eigenvalue weighted by Crippen LogP contribution is -2.47. The van der Waals surface area contributed by atoms with Crippen LogP contribution in [0, 0.1) is 0 Å². The molecule has 1 aliphatic heterocycles. The second-order valence-electron chi connectivity index (χ2n) is 4.18. The topological polar surface area (TPSA) is 38.7 Å². The van der Waals surface area contributed by atoms with Crippen LogP contribution in [0.25, 0.3) is 0 Å². The van der Waals surface area contributed by atoms with Crippen LogP contribution < -0.4 is 5.32 Å². The van der Waals surface area contributed by atoms with E-state index in [0.29, 0.717) is 0 Å². The third-order valence-corrected chi connectivity index (χ3v) is 2.79. The van der Waals surface area contributed by atoms with Crippen molar-refractivity contribution >= 4 is 0 Å². The Morgan fingerprint density at radius 1 is 1.29 bits per heavy atom. The summed E-state index contributed by atoms with van der Waals surface area (Å²) in [5.74, 6) is 0. The number of hydrogen-bond acceptors (Lipinski definition) is 4. The molecule has 0 aromatic carbocycles. The van der Waals surface area contributed by atoms with Crippen LogP contribution in [0.15, 0.2) is 0 Å². The van der Waals surface area contributed by atoms with Gasteiger partial charge in [-0.3, -0.25) is 4.90 Å². The highest BCUT2D eigenvalue weighted by atomic mass is 16.3. The smallest absolute Gasteiger partial charge is 0.0581 e. The van der Waals surface area contributed by atoms with Crippen LogP contribution in [0.3, 0.4) is 0 Å². The first kappa shape index (κ1) is 11.9. The van der Waals surface area contributed by atoms with Crippen LogP contribution in [-0.4, -0.2) is 73.9 Å². The molecule has 0 spiro atoms. The lowest BCUT2D eigenvalue weighted by Gasteiger charge is -2.32. The van der Waals surface area contributed by atoms with Crippen molar-refractivity contribution < 1.29 is 5.11 Å². The van der Waals surface area contributed by atoms with E-state index in [9.17, 15) is 0 Å². The molecule has 1 heterocycles. The monoisotopic (exact) mass is 201 g/mol. The molecule has 0 radical (unpaired) electrons. The molecule has 1 saturated heterocycles. The van der Waals surface area contributed by atoms with Gasteiger partial charge in [-0.2, -0.15) is 0 Å². The first-order chi connectivity index (χ1) is 6.72. The summed E-state index contributed by atoms with van der Waals surface area (Å²) >= 11 is 0. The molecule has 0 amide bonds. The molecule has 1 rings (SSSR count). The third kappa shape index (κ3) is 4.37.